The molecule has 1 unspecified atom stereocenters. The van der Waals surface area contributed by atoms with Gasteiger partial charge in [0.05, 0.1) is 17.3 Å². The Labute approximate surface area is 118 Å². The average Bonchev–Trinajstić information content (AvgIpc) is 2.36. The van der Waals surface area contributed by atoms with Crippen molar-refractivity contribution in [2.45, 2.75) is 19.9 Å². The Bertz CT molecular complexity index is 452. The third-order valence-corrected chi connectivity index (χ3v) is 3.04. The molecule has 0 heterocycles. The lowest BCUT2D eigenvalue weighted by Gasteiger charge is -2.17. The molecule has 1 aromatic rings. The highest BCUT2D eigenvalue weighted by Crippen LogP contribution is 2.27. The summed E-state index contributed by atoms with van der Waals surface area (Å²) in [5.41, 5.74) is 7.98. The average molecular weight is 286 g/mol. The topological polar surface area (TPSA) is 76.4 Å². The van der Waals surface area contributed by atoms with Gasteiger partial charge in [-0.25, -0.2) is 0 Å². The number of methoxy groups -OCH3 is 1. The van der Waals surface area contributed by atoms with Gasteiger partial charge in [-0.05, 0) is 31.5 Å². The molecule has 106 valence electrons. The zero-order chi connectivity index (χ0) is 14.4. The highest BCUT2D eigenvalue weighted by atomic mass is 35.5. The number of anilines is 2. The van der Waals surface area contributed by atoms with Gasteiger partial charge >= 0.3 is 0 Å². The maximum Gasteiger partial charge on any atom is 0.242 e. The summed E-state index contributed by atoms with van der Waals surface area (Å²) in [6, 6.07) is 3.14. The van der Waals surface area contributed by atoms with Crippen LogP contribution < -0.4 is 16.4 Å². The minimum absolute atomic E-state index is 0.0932. The Kier molecular flexibility index (Phi) is 5.92. The first-order valence-corrected chi connectivity index (χ1v) is 6.42. The molecular weight excluding hydrogens is 266 g/mol. The van der Waals surface area contributed by atoms with Crippen molar-refractivity contribution >= 4 is 28.9 Å². The second-order valence-electron chi connectivity index (χ2n) is 4.34. The third kappa shape index (κ3) is 4.61. The quantitative estimate of drug-likeness (QED) is 0.550. The molecule has 0 fully saturated rings. The van der Waals surface area contributed by atoms with Crippen LogP contribution in [0.3, 0.4) is 0 Å². The SMILES string of the molecule is COCCNC(=O)C(C)Nc1cc(Cl)c(N)cc1C. The molecule has 19 heavy (non-hydrogen) atoms. The van der Waals surface area contributed by atoms with Crippen LogP contribution in [0.25, 0.3) is 0 Å². The maximum absolute atomic E-state index is 11.8. The van der Waals surface area contributed by atoms with Crippen LogP contribution in [0.4, 0.5) is 11.4 Å². The highest BCUT2D eigenvalue weighted by molar-refractivity contribution is 6.33. The minimum Gasteiger partial charge on any atom is -0.398 e. The number of hydrogen-bond acceptors (Lipinski definition) is 4. The molecule has 1 atom stereocenters. The number of nitrogen functional groups attached to an aromatic ring is 1. The van der Waals surface area contributed by atoms with Gasteiger partial charge < -0.3 is 21.1 Å². The summed E-state index contributed by atoms with van der Waals surface area (Å²) in [5.74, 6) is -0.0932. The molecule has 0 bridgehead atoms. The summed E-state index contributed by atoms with van der Waals surface area (Å²) in [4.78, 5) is 11.8. The number of halogens is 1. The number of nitrogens with two attached hydrogens (primary N) is 1. The normalized spacial score (nSPS) is 12.0. The lowest BCUT2D eigenvalue weighted by molar-refractivity contribution is -0.121. The molecule has 0 spiro atoms. The molecule has 0 aliphatic rings. The largest absolute Gasteiger partial charge is 0.398 e. The second-order valence-corrected chi connectivity index (χ2v) is 4.75. The summed E-state index contributed by atoms with van der Waals surface area (Å²) in [6.07, 6.45) is 0. The first kappa shape index (κ1) is 15.6. The van der Waals surface area contributed by atoms with E-state index in [1.807, 2.05) is 6.92 Å². The van der Waals surface area contributed by atoms with E-state index in [1.165, 1.54) is 0 Å². The van der Waals surface area contributed by atoms with Crippen LogP contribution in [0.1, 0.15) is 12.5 Å². The van der Waals surface area contributed by atoms with Crippen molar-refractivity contribution in [3.63, 3.8) is 0 Å². The van der Waals surface area contributed by atoms with Crippen molar-refractivity contribution in [3.8, 4) is 0 Å². The van der Waals surface area contributed by atoms with Crippen LogP contribution in [0.15, 0.2) is 12.1 Å². The highest BCUT2D eigenvalue weighted by Gasteiger charge is 2.13. The summed E-state index contributed by atoms with van der Waals surface area (Å²) in [7, 11) is 1.59. The predicted molar refractivity (Wildman–Crippen MR) is 78.6 cm³/mol. The van der Waals surface area contributed by atoms with Crippen molar-refractivity contribution < 1.29 is 9.53 Å². The van der Waals surface area contributed by atoms with Crippen LogP contribution in [0.5, 0.6) is 0 Å². The molecule has 1 aromatic carbocycles. The van der Waals surface area contributed by atoms with E-state index < -0.39 is 0 Å². The van der Waals surface area contributed by atoms with Gasteiger partial charge in [0.15, 0.2) is 0 Å². The first-order chi connectivity index (χ1) is 8.95. The zero-order valence-corrected chi connectivity index (χ0v) is 12.2. The number of ether oxygens (including phenoxy) is 1. The van der Waals surface area contributed by atoms with Crippen molar-refractivity contribution in [3.05, 3.63) is 22.7 Å². The van der Waals surface area contributed by atoms with E-state index in [9.17, 15) is 4.79 Å². The van der Waals surface area contributed by atoms with Gasteiger partial charge in [-0.2, -0.15) is 0 Å². The molecule has 0 saturated carbocycles. The standard InChI is InChI=1S/C13H20ClN3O2/c1-8-6-11(15)10(14)7-12(8)17-9(2)13(18)16-4-5-19-3/h6-7,9,17H,4-5,15H2,1-3H3,(H,16,18). The van der Waals surface area contributed by atoms with Crippen molar-refractivity contribution in [1.29, 1.82) is 0 Å². The number of hydrogen-bond donors (Lipinski definition) is 3. The Morgan fingerprint density at radius 1 is 1.53 bits per heavy atom. The molecule has 4 N–H and O–H groups in total. The van der Waals surface area contributed by atoms with Crippen LogP contribution in [0, 0.1) is 6.92 Å². The molecule has 0 aromatic heterocycles. The van der Waals surface area contributed by atoms with Crippen LogP contribution in [0.2, 0.25) is 5.02 Å². The van der Waals surface area contributed by atoms with Crippen molar-refractivity contribution in [1.82, 2.24) is 5.32 Å². The van der Waals surface area contributed by atoms with E-state index in [-0.39, 0.29) is 11.9 Å². The van der Waals surface area contributed by atoms with E-state index in [0.717, 1.165) is 11.3 Å². The summed E-state index contributed by atoms with van der Waals surface area (Å²) in [6.45, 7) is 4.67. The minimum atomic E-state index is -0.366. The Balaban J connectivity index is 2.63. The van der Waals surface area contributed by atoms with Gasteiger partial charge in [-0.3, -0.25) is 4.79 Å². The monoisotopic (exact) mass is 285 g/mol. The Hall–Kier alpha value is -1.46. The van der Waals surface area contributed by atoms with Gasteiger partial charge in [-0.15, -0.1) is 0 Å². The lowest BCUT2D eigenvalue weighted by atomic mass is 10.1. The van der Waals surface area contributed by atoms with Gasteiger partial charge in [0, 0.05) is 19.3 Å². The third-order valence-electron chi connectivity index (χ3n) is 2.71. The van der Waals surface area contributed by atoms with Gasteiger partial charge in [0.1, 0.15) is 6.04 Å². The molecule has 0 aliphatic heterocycles. The Morgan fingerprint density at radius 2 is 2.21 bits per heavy atom. The summed E-state index contributed by atoms with van der Waals surface area (Å²) < 4.78 is 4.87. The fraction of sp³-hybridized carbons (Fsp3) is 0.462. The smallest absolute Gasteiger partial charge is 0.242 e. The fourth-order valence-electron chi connectivity index (χ4n) is 1.59. The van der Waals surface area contributed by atoms with E-state index in [0.29, 0.717) is 23.9 Å². The Morgan fingerprint density at radius 3 is 2.84 bits per heavy atom. The molecule has 5 nitrogen and oxygen atoms in total. The van der Waals surface area contributed by atoms with Crippen molar-refractivity contribution in [2.24, 2.45) is 0 Å². The van der Waals surface area contributed by atoms with Crippen LogP contribution in [-0.2, 0) is 9.53 Å². The number of carbonyl (C=O) groups excluding carboxylic acids is 1. The van der Waals surface area contributed by atoms with E-state index in [4.69, 9.17) is 22.1 Å². The van der Waals surface area contributed by atoms with Crippen LogP contribution >= 0.6 is 11.6 Å². The molecule has 1 rings (SSSR count). The lowest BCUT2D eigenvalue weighted by Crippen LogP contribution is -2.39. The number of nitrogens with one attached hydrogen (secondary N) is 2. The maximum atomic E-state index is 11.8. The van der Waals surface area contributed by atoms with Gasteiger partial charge in [0.25, 0.3) is 0 Å². The van der Waals surface area contributed by atoms with E-state index in [1.54, 1.807) is 26.2 Å². The van der Waals surface area contributed by atoms with Gasteiger partial charge in [0.2, 0.25) is 5.91 Å². The second kappa shape index (κ2) is 7.21. The molecule has 0 radical (unpaired) electrons. The summed E-state index contributed by atoms with van der Waals surface area (Å²) in [5, 5.41) is 6.35. The number of amides is 1. The molecule has 1 amide bonds. The number of carbonyl (C=O) groups is 1. The van der Waals surface area contributed by atoms with Crippen LogP contribution in [-0.4, -0.2) is 32.2 Å². The van der Waals surface area contributed by atoms with E-state index >= 15 is 0 Å². The summed E-state index contributed by atoms with van der Waals surface area (Å²) >= 11 is 5.97. The number of rotatable bonds is 6. The number of aryl methyl sites for hydroxylation is 1. The predicted octanol–water partition coefficient (Wildman–Crippen LogP) is 1.79. The zero-order valence-electron chi connectivity index (χ0n) is 11.4. The fourth-order valence-corrected chi connectivity index (χ4v) is 1.75. The number of benzene rings is 1. The van der Waals surface area contributed by atoms with E-state index in [2.05, 4.69) is 10.6 Å². The van der Waals surface area contributed by atoms with Gasteiger partial charge in [-0.1, -0.05) is 11.6 Å². The van der Waals surface area contributed by atoms with Crippen molar-refractivity contribution in [2.75, 3.05) is 31.3 Å². The first-order valence-electron chi connectivity index (χ1n) is 6.04. The molecule has 6 heteroatoms. The molecule has 0 saturated heterocycles. The molecule has 0 aliphatic carbocycles. The molecular formula is C13H20ClN3O2.